The zero-order valence-electron chi connectivity index (χ0n) is 20.6. The zero-order chi connectivity index (χ0) is 26.6. The third kappa shape index (κ3) is 5.54. The van der Waals surface area contributed by atoms with Crippen LogP contribution in [0, 0.1) is 35.5 Å². The number of allylic oxidation sites excluding steroid dienone is 2. The molecule has 0 radical (unpaired) electrons. The highest BCUT2D eigenvalue weighted by Gasteiger charge is 2.72. The van der Waals surface area contributed by atoms with Crippen LogP contribution in [0.25, 0.3) is 5.57 Å². The van der Waals surface area contributed by atoms with Gasteiger partial charge >= 0.3 is 0 Å². The van der Waals surface area contributed by atoms with Crippen molar-refractivity contribution in [3.05, 3.63) is 89.1 Å². The summed E-state index contributed by atoms with van der Waals surface area (Å²) in [6, 6.07) is 15.9. The Balaban J connectivity index is 1.75. The molecule has 186 valence electrons. The molecule has 0 heterocycles. The van der Waals surface area contributed by atoms with Gasteiger partial charge in [-0.15, -0.1) is 0 Å². The molecule has 2 aromatic carbocycles. The number of carbonyl (C=O) groups excluding carboxylic acids is 1. The smallest absolute Gasteiger partial charge is 0.277 e. The van der Waals surface area contributed by atoms with Gasteiger partial charge in [-0.25, -0.2) is 8.78 Å². The summed E-state index contributed by atoms with van der Waals surface area (Å²) in [4.78, 5) is 12.1. The summed E-state index contributed by atoms with van der Waals surface area (Å²) in [5, 5.41) is 22.6. The van der Waals surface area contributed by atoms with E-state index in [-0.39, 0.29) is 17.7 Å². The fourth-order valence-corrected chi connectivity index (χ4v) is 3.96. The largest absolute Gasteiger partial charge is 0.465 e. The Kier molecular flexibility index (Phi) is 7.77. The molecule has 0 saturated heterocycles. The van der Waals surface area contributed by atoms with Crippen LogP contribution in [0.3, 0.4) is 0 Å². The van der Waals surface area contributed by atoms with Crippen molar-refractivity contribution in [3.8, 4) is 6.07 Å². The Morgan fingerprint density at radius 3 is 2.36 bits per heavy atom. The van der Waals surface area contributed by atoms with Crippen molar-refractivity contribution in [2.75, 3.05) is 5.32 Å². The van der Waals surface area contributed by atoms with Gasteiger partial charge in [0.15, 0.2) is 0 Å². The van der Waals surface area contributed by atoms with Gasteiger partial charge in [-0.1, -0.05) is 48.7 Å². The summed E-state index contributed by atoms with van der Waals surface area (Å²) in [7, 11) is 0. The van der Waals surface area contributed by atoms with Crippen LogP contribution < -0.4 is 10.6 Å². The normalized spacial score (nSPS) is 19.0. The number of rotatable bonds is 9. The molecule has 6 nitrogen and oxygen atoms in total. The van der Waals surface area contributed by atoms with Crippen molar-refractivity contribution < 1.29 is 18.3 Å². The number of nitriles is 1. The topological polar surface area (TPSA) is 98.0 Å². The summed E-state index contributed by atoms with van der Waals surface area (Å²) >= 11 is 0. The number of nitrogens with one attached hydrogen (secondary N) is 3. The van der Waals surface area contributed by atoms with E-state index in [0.717, 1.165) is 22.3 Å². The third-order valence-corrected chi connectivity index (χ3v) is 6.13. The zero-order valence-corrected chi connectivity index (χ0v) is 20.6. The Morgan fingerprint density at radius 2 is 1.83 bits per heavy atom. The maximum atomic E-state index is 13.5. The molecule has 1 fully saturated rings. The number of carbonyl (C=O) groups is 1. The molecule has 2 aromatic rings. The number of aryl methyl sites for hydroxylation is 1. The van der Waals surface area contributed by atoms with E-state index in [1.807, 2.05) is 45.0 Å². The van der Waals surface area contributed by atoms with Gasteiger partial charge in [-0.3, -0.25) is 4.79 Å². The van der Waals surface area contributed by atoms with E-state index in [1.165, 1.54) is 6.07 Å². The fourth-order valence-electron chi connectivity index (χ4n) is 3.96. The monoisotopic (exact) mass is 490 g/mol. The number of halogens is 2. The highest BCUT2D eigenvalue weighted by molar-refractivity contribution is 6.02. The number of ether oxygens (including phenoxy) is 1. The Labute approximate surface area is 209 Å². The Hall–Kier alpha value is -4.21. The molecule has 3 N–H and O–H groups in total. The molecule has 0 spiro atoms. The average Bonchev–Trinajstić information content (AvgIpc) is 3.42. The summed E-state index contributed by atoms with van der Waals surface area (Å²) in [5.74, 6) is -7.13. The SMILES string of the molecule is C=C=C(N/C(C(C)=N)=C(/C)c1ccc(NC(=O)C2C(C#N)C2(F)F)cc1)OC(C)c1ccccc1C. The second-order valence-electron chi connectivity index (χ2n) is 8.70. The molecule has 0 aromatic heterocycles. The van der Waals surface area contributed by atoms with Crippen LogP contribution in [0.4, 0.5) is 14.5 Å². The molecule has 3 unspecified atom stereocenters. The minimum absolute atomic E-state index is 0.253. The molecular weight excluding hydrogens is 462 g/mol. The highest BCUT2D eigenvalue weighted by Crippen LogP contribution is 2.55. The van der Waals surface area contributed by atoms with E-state index < -0.39 is 23.7 Å². The molecule has 1 aliphatic rings. The van der Waals surface area contributed by atoms with E-state index in [4.69, 9.17) is 15.4 Å². The van der Waals surface area contributed by atoms with E-state index in [2.05, 4.69) is 22.9 Å². The second kappa shape index (κ2) is 10.6. The van der Waals surface area contributed by atoms with Crippen molar-refractivity contribution in [2.24, 2.45) is 11.8 Å². The van der Waals surface area contributed by atoms with Crippen LogP contribution in [0.15, 0.2) is 72.4 Å². The minimum Gasteiger partial charge on any atom is -0.465 e. The number of nitrogens with zero attached hydrogens (tertiary/aromatic N) is 1. The van der Waals surface area contributed by atoms with Gasteiger partial charge < -0.3 is 20.8 Å². The van der Waals surface area contributed by atoms with Crippen LogP contribution in [-0.4, -0.2) is 17.5 Å². The van der Waals surface area contributed by atoms with Gasteiger partial charge in [0.1, 0.15) is 17.9 Å². The highest BCUT2D eigenvalue weighted by atomic mass is 19.3. The number of amides is 1. The Morgan fingerprint density at radius 1 is 1.19 bits per heavy atom. The molecular formula is C28H28F2N4O2. The first-order chi connectivity index (χ1) is 17.0. The number of hydrogen-bond donors (Lipinski definition) is 3. The molecule has 1 amide bonds. The van der Waals surface area contributed by atoms with Gasteiger partial charge in [0.2, 0.25) is 11.8 Å². The maximum absolute atomic E-state index is 13.5. The van der Waals surface area contributed by atoms with Gasteiger partial charge in [0.05, 0.1) is 17.5 Å². The molecule has 36 heavy (non-hydrogen) atoms. The van der Waals surface area contributed by atoms with Crippen molar-refractivity contribution in [1.29, 1.82) is 10.7 Å². The molecule has 8 heteroatoms. The molecule has 0 bridgehead atoms. The van der Waals surface area contributed by atoms with E-state index >= 15 is 0 Å². The standard InChI is InChI=1S/C28H28F2N4O2/c1-6-24(36-19(5)22-10-8-7-9-16(22)2)34-26(18(4)32)17(3)20-11-13-21(14-12-20)33-27(35)25-23(15-31)28(25,29)30/h7-14,19,23,25,32,34H,1H2,2-5H3,(H,33,35)/b26-17-,32-18?. The minimum atomic E-state index is -3.30. The van der Waals surface area contributed by atoms with E-state index in [9.17, 15) is 13.6 Å². The third-order valence-electron chi connectivity index (χ3n) is 6.13. The first-order valence-electron chi connectivity index (χ1n) is 11.4. The number of alkyl halides is 2. The predicted molar refractivity (Wildman–Crippen MR) is 135 cm³/mol. The van der Waals surface area contributed by atoms with Crippen molar-refractivity contribution >= 4 is 22.9 Å². The number of anilines is 1. The second-order valence-corrected chi connectivity index (χ2v) is 8.70. The van der Waals surface area contributed by atoms with E-state index in [0.29, 0.717) is 11.4 Å². The molecule has 3 atom stereocenters. The molecule has 1 aliphatic carbocycles. The quantitative estimate of drug-likeness (QED) is 0.225. The molecule has 3 rings (SSSR count). The van der Waals surface area contributed by atoms with Crippen molar-refractivity contribution in [3.63, 3.8) is 0 Å². The molecule has 0 aliphatic heterocycles. The lowest BCUT2D eigenvalue weighted by Gasteiger charge is -2.21. The summed E-state index contributed by atoms with van der Waals surface area (Å²) in [5.41, 5.74) is 7.39. The van der Waals surface area contributed by atoms with Gasteiger partial charge in [0.25, 0.3) is 5.92 Å². The van der Waals surface area contributed by atoms with Crippen LogP contribution in [-0.2, 0) is 9.53 Å². The average molecular weight is 491 g/mol. The van der Waals surface area contributed by atoms with Crippen LogP contribution in [0.1, 0.15) is 43.6 Å². The van der Waals surface area contributed by atoms with Gasteiger partial charge in [-0.05, 0) is 62.1 Å². The summed E-state index contributed by atoms with van der Waals surface area (Å²) in [6.07, 6.45) is -0.280. The lowest BCUT2D eigenvalue weighted by molar-refractivity contribution is -0.119. The Bertz CT molecular complexity index is 1300. The maximum Gasteiger partial charge on any atom is 0.277 e. The van der Waals surface area contributed by atoms with E-state index in [1.54, 1.807) is 31.2 Å². The first kappa shape index (κ1) is 26.4. The molecule has 1 saturated carbocycles. The lowest BCUT2D eigenvalue weighted by Crippen LogP contribution is -2.22. The summed E-state index contributed by atoms with van der Waals surface area (Å²) in [6.45, 7) is 11.1. The fraction of sp³-hybridized carbons (Fsp3) is 0.286. The summed E-state index contributed by atoms with van der Waals surface area (Å²) < 4.78 is 33.1. The van der Waals surface area contributed by atoms with Crippen LogP contribution >= 0.6 is 0 Å². The lowest BCUT2D eigenvalue weighted by atomic mass is 10.0. The van der Waals surface area contributed by atoms with Crippen LogP contribution in [0.5, 0.6) is 0 Å². The predicted octanol–water partition coefficient (Wildman–Crippen LogP) is 6.10. The van der Waals surface area contributed by atoms with Crippen molar-refractivity contribution in [2.45, 2.75) is 39.7 Å². The number of benzene rings is 2. The van der Waals surface area contributed by atoms with Gasteiger partial charge in [0, 0.05) is 5.69 Å². The van der Waals surface area contributed by atoms with Crippen LogP contribution in [0.2, 0.25) is 0 Å². The van der Waals surface area contributed by atoms with Gasteiger partial charge in [-0.2, -0.15) is 5.26 Å². The number of hydrogen-bond acceptors (Lipinski definition) is 5. The first-order valence-corrected chi connectivity index (χ1v) is 11.4. The van der Waals surface area contributed by atoms with Crippen molar-refractivity contribution in [1.82, 2.24) is 5.32 Å².